The minimum absolute atomic E-state index is 0.612. The molecule has 2 aromatic heterocycles. The Morgan fingerprint density at radius 2 is 2.00 bits per heavy atom. The van der Waals surface area contributed by atoms with Gasteiger partial charge >= 0.3 is 0 Å². The molecular formula is C18H21N3O. The molecule has 22 heavy (non-hydrogen) atoms. The summed E-state index contributed by atoms with van der Waals surface area (Å²) >= 11 is 0. The van der Waals surface area contributed by atoms with Gasteiger partial charge in [0.15, 0.2) is 0 Å². The number of fused-ring (bicyclic) bond motifs is 1. The Kier molecular flexibility index (Phi) is 4.11. The monoisotopic (exact) mass is 295 g/mol. The van der Waals surface area contributed by atoms with E-state index in [9.17, 15) is 0 Å². The van der Waals surface area contributed by atoms with E-state index in [1.165, 1.54) is 11.3 Å². The molecule has 0 saturated heterocycles. The Balaban J connectivity index is 2.07. The molecule has 0 amide bonds. The van der Waals surface area contributed by atoms with Crippen molar-refractivity contribution in [1.29, 1.82) is 0 Å². The summed E-state index contributed by atoms with van der Waals surface area (Å²) in [6, 6.07) is 12.2. The van der Waals surface area contributed by atoms with Gasteiger partial charge in [-0.15, -0.1) is 0 Å². The first-order chi connectivity index (χ1) is 10.7. The molecular weight excluding hydrogens is 274 g/mol. The van der Waals surface area contributed by atoms with Crippen LogP contribution in [0.1, 0.15) is 22.5 Å². The molecule has 3 aromatic rings. The van der Waals surface area contributed by atoms with Crippen molar-refractivity contribution < 1.29 is 4.74 Å². The molecule has 0 bridgehead atoms. The van der Waals surface area contributed by atoms with Gasteiger partial charge in [0.2, 0.25) is 0 Å². The normalized spacial score (nSPS) is 11.0. The van der Waals surface area contributed by atoms with Crippen LogP contribution in [-0.4, -0.2) is 23.0 Å². The lowest BCUT2D eigenvalue weighted by molar-refractivity contribution is 0.410. The lowest BCUT2D eigenvalue weighted by atomic mass is 10.1. The highest BCUT2D eigenvalue weighted by Crippen LogP contribution is 2.23. The Hall–Kier alpha value is -2.33. The SMILES string of the molecule is COc1ccccc1Cc1nc2ccc(C)cn2c1CCN. The molecule has 0 unspecified atom stereocenters. The Morgan fingerprint density at radius 1 is 1.18 bits per heavy atom. The third-order valence-electron chi connectivity index (χ3n) is 3.88. The fourth-order valence-electron chi connectivity index (χ4n) is 2.82. The summed E-state index contributed by atoms with van der Waals surface area (Å²) < 4.78 is 7.61. The third-order valence-corrected chi connectivity index (χ3v) is 3.88. The van der Waals surface area contributed by atoms with Crippen LogP contribution in [0, 0.1) is 6.92 Å². The van der Waals surface area contributed by atoms with Crippen molar-refractivity contribution in [2.45, 2.75) is 19.8 Å². The molecule has 2 heterocycles. The van der Waals surface area contributed by atoms with Gasteiger partial charge in [0.25, 0.3) is 0 Å². The second-order valence-corrected chi connectivity index (χ2v) is 5.47. The minimum Gasteiger partial charge on any atom is -0.496 e. The molecule has 0 fully saturated rings. The number of nitrogens with zero attached hydrogens (tertiary/aromatic N) is 2. The largest absolute Gasteiger partial charge is 0.496 e. The highest BCUT2D eigenvalue weighted by atomic mass is 16.5. The number of hydrogen-bond acceptors (Lipinski definition) is 3. The lowest BCUT2D eigenvalue weighted by Crippen LogP contribution is -2.08. The third kappa shape index (κ3) is 2.70. The van der Waals surface area contributed by atoms with E-state index in [1.54, 1.807) is 7.11 Å². The van der Waals surface area contributed by atoms with Crippen LogP contribution in [0.5, 0.6) is 5.75 Å². The highest BCUT2D eigenvalue weighted by Gasteiger charge is 2.14. The molecule has 0 atom stereocenters. The van der Waals surface area contributed by atoms with Crippen LogP contribution in [0.15, 0.2) is 42.6 Å². The van der Waals surface area contributed by atoms with Gasteiger partial charge in [-0.3, -0.25) is 0 Å². The quantitative estimate of drug-likeness (QED) is 0.787. The van der Waals surface area contributed by atoms with Crippen molar-refractivity contribution >= 4 is 5.65 Å². The highest BCUT2D eigenvalue weighted by molar-refractivity contribution is 5.47. The minimum atomic E-state index is 0.612. The molecule has 114 valence electrons. The van der Waals surface area contributed by atoms with E-state index in [1.807, 2.05) is 18.2 Å². The number of nitrogens with two attached hydrogens (primary N) is 1. The van der Waals surface area contributed by atoms with Gasteiger partial charge in [0.05, 0.1) is 12.8 Å². The van der Waals surface area contributed by atoms with Gasteiger partial charge in [-0.25, -0.2) is 4.98 Å². The Bertz CT molecular complexity index is 792. The smallest absolute Gasteiger partial charge is 0.137 e. The zero-order valence-electron chi connectivity index (χ0n) is 13.0. The summed E-state index contributed by atoms with van der Waals surface area (Å²) in [6.07, 6.45) is 3.69. The lowest BCUT2D eigenvalue weighted by Gasteiger charge is -2.08. The summed E-state index contributed by atoms with van der Waals surface area (Å²) in [6.45, 7) is 2.70. The van der Waals surface area contributed by atoms with E-state index in [0.29, 0.717) is 6.54 Å². The van der Waals surface area contributed by atoms with Crippen molar-refractivity contribution in [1.82, 2.24) is 9.38 Å². The molecule has 0 aliphatic heterocycles. The van der Waals surface area contributed by atoms with Crippen LogP contribution in [0.2, 0.25) is 0 Å². The van der Waals surface area contributed by atoms with Crippen LogP contribution < -0.4 is 10.5 Å². The number of benzene rings is 1. The topological polar surface area (TPSA) is 52.5 Å². The number of aromatic nitrogens is 2. The first-order valence-corrected chi connectivity index (χ1v) is 7.51. The predicted molar refractivity (Wildman–Crippen MR) is 88.5 cm³/mol. The number of ether oxygens (including phenoxy) is 1. The second kappa shape index (κ2) is 6.20. The van der Waals surface area contributed by atoms with Gasteiger partial charge in [0, 0.05) is 30.3 Å². The number of rotatable bonds is 5. The maximum atomic E-state index is 5.80. The Morgan fingerprint density at radius 3 is 2.77 bits per heavy atom. The molecule has 1 aromatic carbocycles. The molecule has 4 heteroatoms. The maximum Gasteiger partial charge on any atom is 0.137 e. The number of aryl methyl sites for hydroxylation is 1. The van der Waals surface area contributed by atoms with Gasteiger partial charge in [-0.2, -0.15) is 0 Å². The molecule has 0 radical (unpaired) electrons. The molecule has 0 aliphatic rings. The second-order valence-electron chi connectivity index (χ2n) is 5.47. The molecule has 0 spiro atoms. The van der Waals surface area contributed by atoms with Gasteiger partial charge in [0.1, 0.15) is 11.4 Å². The van der Waals surface area contributed by atoms with Crippen molar-refractivity contribution in [2.24, 2.45) is 5.73 Å². The number of para-hydroxylation sites is 1. The number of methoxy groups -OCH3 is 1. The van der Waals surface area contributed by atoms with E-state index in [-0.39, 0.29) is 0 Å². The number of pyridine rings is 1. The van der Waals surface area contributed by atoms with Gasteiger partial charge in [-0.1, -0.05) is 24.3 Å². The average Bonchev–Trinajstić information content (AvgIpc) is 2.85. The van der Waals surface area contributed by atoms with Crippen LogP contribution in [0.3, 0.4) is 0 Å². The summed E-state index contributed by atoms with van der Waals surface area (Å²) in [4.78, 5) is 4.79. The van der Waals surface area contributed by atoms with Crippen molar-refractivity contribution in [3.63, 3.8) is 0 Å². The first kappa shape index (κ1) is 14.6. The zero-order chi connectivity index (χ0) is 15.5. The van der Waals surface area contributed by atoms with E-state index >= 15 is 0 Å². The van der Waals surface area contributed by atoms with Crippen LogP contribution in [-0.2, 0) is 12.8 Å². The standard InChI is InChI=1S/C18H21N3O/c1-13-7-8-18-20-15(16(9-10-19)21(18)12-13)11-14-5-3-4-6-17(14)22-2/h3-8,12H,9-11,19H2,1-2H3. The van der Waals surface area contributed by atoms with Crippen LogP contribution >= 0.6 is 0 Å². The fourth-order valence-corrected chi connectivity index (χ4v) is 2.82. The first-order valence-electron chi connectivity index (χ1n) is 7.51. The van der Waals surface area contributed by atoms with Gasteiger partial charge in [-0.05, 0) is 31.2 Å². The molecule has 0 saturated carbocycles. The van der Waals surface area contributed by atoms with Crippen molar-refractivity contribution in [3.8, 4) is 5.75 Å². The molecule has 2 N–H and O–H groups in total. The molecule has 0 aliphatic carbocycles. The average molecular weight is 295 g/mol. The molecule has 4 nitrogen and oxygen atoms in total. The summed E-state index contributed by atoms with van der Waals surface area (Å²) in [5.41, 5.74) is 11.4. The number of hydrogen-bond donors (Lipinski definition) is 1. The van der Waals surface area contributed by atoms with E-state index in [4.69, 9.17) is 15.5 Å². The summed E-state index contributed by atoms with van der Waals surface area (Å²) in [5, 5.41) is 0. The van der Waals surface area contributed by atoms with Gasteiger partial charge < -0.3 is 14.9 Å². The summed E-state index contributed by atoms with van der Waals surface area (Å²) in [7, 11) is 1.70. The maximum absolute atomic E-state index is 5.80. The Labute approximate surface area is 130 Å². The zero-order valence-corrected chi connectivity index (χ0v) is 13.0. The van der Waals surface area contributed by atoms with Crippen molar-refractivity contribution in [3.05, 3.63) is 65.1 Å². The van der Waals surface area contributed by atoms with E-state index in [0.717, 1.165) is 35.5 Å². The van der Waals surface area contributed by atoms with E-state index < -0.39 is 0 Å². The number of imidazole rings is 1. The predicted octanol–water partition coefficient (Wildman–Crippen LogP) is 2.74. The molecule has 3 rings (SSSR count). The van der Waals surface area contributed by atoms with Crippen LogP contribution in [0.25, 0.3) is 5.65 Å². The van der Waals surface area contributed by atoms with Crippen LogP contribution in [0.4, 0.5) is 0 Å². The summed E-state index contributed by atoms with van der Waals surface area (Å²) in [5.74, 6) is 0.898. The van der Waals surface area contributed by atoms with Crippen molar-refractivity contribution in [2.75, 3.05) is 13.7 Å². The van der Waals surface area contributed by atoms with E-state index in [2.05, 4.69) is 35.7 Å². The fraction of sp³-hybridized carbons (Fsp3) is 0.278.